The van der Waals surface area contributed by atoms with Crippen molar-refractivity contribution in [3.8, 4) is 5.75 Å². The molecular formula is C11H12O2. The van der Waals surface area contributed by atoms with Gasteiger partial charge in [0.2, 0.25) is 0 Å². The topological polar surface area (TPSA) is 37.3 Å². The summed E-state index contributed by atoms with van der Waals surface area (Å²) < 4.78 is 0. The molecule has 0 aromatic heterocycles. The number of ketones is 1. The van der Waals surface area contributed by atoms with E-state index in [1.807, 2.05) is 6.07 Å². The van der Waals surface area contributed by atoms with E-state index in [0.717, 1.165) is 18.4 Å². The predicted molar refractivity (Wildman–Crippen MR) is 49.7 cm³/mol. The predicted octanol–water partition coefficient (Wildman–Crippen LogP) is 1.70. The SMILES string of the molecule is CC(=O)C1Cc2ccc(O)cc2C1. The summed E-state index contributed by atoms with van der Waals surface area (Å²) in [5.74, 6) is 0.676. The summed E-state index contributed by atoms with van der Waals surface area (Å²) in [6, 6.07) is 5.35. The van der Waals surface area contributed by atoms with Crippen LogP contribution < -0.4 is 0 Å². The van der Waals surface area contributed by atoms with Gasteiger partial charge in [-0.25, -0.2) is 0 Å². The average Bonchev–Trinajstić information content (AvgIpc) is 2.46. The molecule has 1 atom stereocenters. The van der Waals surface area contributed by atoms with E-state index in [1.165, 1.54) is 5.56 Å². The first kappa shape index (κ1) is 8.30. The summed E-state index contributed by atoms with van der Waals surface area (Å²) >= 11 is 0. The number of benzene rings is 1. The molecule has 1 N–H and O–H groups in total. The van der Waals surface area contributed by atoms with Crippen LogP contribution in [0.25, 0.3) is 0 Å². The third-order valence-electron chi connectivity index (χ3n) is 2.70. The summed E-state index contributed by atoms with van der Waals surface area (Å²) in [7, 11) is 0. The third kappa shape index (κ3) is 1.44. The maximum absolute atomic E-state index is 11.1. The lowest BCUT2D eigenvalue weighted by molar-refractivity contribution is -0.120. The summed E-state index contributed by atoms with van der Waals surface area (Å²) in [6.07, 6.45) is 1.63. The normalized spacial score (nSPS) is 19.9. The number of carbonyl (C=O) groups is 1. The summed E-state index contributed by atoms with van der Waals surface area (Å²) in [5.41, 5.74) is 2.33. The van der Waals surface area contributed by atoms with Gasteiger partial charge in [0.05, 0.1) is 0 Å². The van der Waals surface area contributed by atoms with Gasteiger partial charge in [0.25, 0.3) is 0 Å². The number of aromatic hydroxyl groups is 1. The van der Waals surface area contributed by atoms with Gasteiger partial charge in [0.1, 0.15) is 11.5 Å². The summed E-state index contributed by atoms with van der Waals surface area (Å²) in [5, 5.41) is 9.24. The Balaban J connectivity index is 2.30. The Labute approximate surface area is 77.2 Å². The van der Waals surface area contributed by atoms with E-state index in [0.29, 0.717) is 5.75 Å². The van der Waals surface area contributed by atoms with Crippen molar-refractivity contribution in [2.24, 2.45) is 5.92 Å². The Morgan fingerprint density at radius 2 is 2.08 bits per heavy atom. The lowest BCUT2D eigenvalue weighted by atomic mass is 10.0. The van der Waals surface area contributed by atoms with E-state index >= 15 is 0 Å². The molecule has 0 radical (unpaired) electrons. The molecule has 2 heteroatoms. The van der Waals surface area contributed by atoms with Crippen LogP contribution >= 0.6 is 0 Å². The van der Waals surface area contributed by atoms with Gasteiger partial charge in [-0.3, -0.25) is 4.79 Å². The molecular weight excluding hydrogens is 164 g/mol. The number of carbonyl (C=O) groups excluding carboxylic acids is 1. The molecule has 0 aliphatic heterocycles. The first-order valence-corrected chi connectivity index (χ1v) is 4.48. The van der Waals surface area contributed by atoms with Gasteiger partial charge < -0.3 is 5.11 Å². The van der Waals surface area contributed by atoms with Gasteiger partial charge in [0.15, 0.2) is 0 Å². The van der Waals surface area contributed by atoms with Crippen molar-refractivity contribution in [1.82, 2.24) is 0 Å². The summed E-state index contributed by atoms with van der Waals surface area (Å²) in [6.45, 7) is 1.64. The maximum Gasteiger partial charge on any atom is 0.133 e. The Kier molecular flexibility index (Phi) is 1.83. The van der Waals surface area contributed by atoms with E-state index in [4.69, 9.17) is 0 Å². The molecule has 2 rings (SSSR count). The minimum Gasteiger partial charge on any atom is -0.508 e. The number of phenolic OH excluding ortho intramolecular Hbond substituents is 1. The molecule has 0 saturated heterocycles. The second kappa shape index (κ2) is 2.87. The largest absolute Gasteiger partial charge is 0.508 e. The average molecular weight is 176 g/mol. The molecule has 1 aromatic carbocycles. The Morgan fingerprint density at radius 3 is 2.77 bits per heavy atom. The van der Waals surface area contributed by atoms with Crippen molar-refractivity contribution in [2.45, 2.75) is 19.8 Å². The molecule has 0 saturated carbocycles. The fourth-order valence-corrected chi connectivity index (χ4v) is 1.89. The molecule has 0 heterocycles. The fraction of sp³-hybridized carbons (Fsp3) is 0.364. The van der Waals surface area contributed by atoms with Crippen molar-refractivity contribution in [3.05, 3.63) is 29.3 Å². The second-order valence-corrected chi connectivity index (χ2v) is 3.67. The standard InChI is InChI=1S/C11H12O2/c1-7(12)9-4-8-2-3-11(13)6-10(8)5-9/h2-3,6,9,13H,4-5H2,1H3. The monoisotopic (exact) mass is 176 g/mol. The van der Waals surface area contributed by atoms with Crippen molar-refractivity contribution in [2.75, 3.05) is 0 Å². The zero-order chi connectivity index (χ0) is 9.42. The smallest absolute Gasteiger partial charge is 0.133 e. The molecule has 1 aromatic rings. The van der Waals surface area contributed by atoms with Gasteiger partial charge in [-0.15, -0.1) is 0 Å². The Bertz CT molecular complexity index is 355. The molecule has 1 aliphatic rings. The van der Waals surface area contributed by atoms with Gasteiger partial charge >= 0.3 is 0 Å². The second-order valence-electron chi connectivity index (χ2n) is 3.67. The first-order chi connectivity index (χ1) is 6.16. The highest BCUT2D eigenvalue weighted by atomic mass is 16.3. The van der Waals surface area contributed by atoms with Gasteiger partial charge in [0, 0.05) is 5.92 Å². The number of rotatable bonds is 1. The fourth-order valence-electron chi connectivity index (χ4n) is 1.89. The van der Waals surface area contributed by atoms with E-state index in [1.54, 1.807) is 19.1 Å². The molecule has 68 valence electrons. The van der Waals surface area contributed by atoms with Crippen LogP contribution in [0.1, 0.15) is 18.1 Å². The van der Waals surface area contributed by atoms with Gasteiger partial charge in [-0.05, 0) is 43.0 Å². The zero-order valence-electron chi connectivity index (χ0n) is 7.58. The van der Waals surface area contributed by atoms with E-state index in [2.05, 4.69) is 0 Å². The van der Waals surface area contributed by atoms with Crippen LogP contribution in [0.4, 0.5) is 0 Å². The molecule has 0 bridgehead atoms. The first-order valence-electron chi connectivity index (χ1n) is 4.48. The van der Waals surface area contributed by atoms with Crippen LogP contribution in [0.15, 0.2) is 18.2 Å². The Morgan fingerprint density at radius 1 is 1.38 bits per heavy atom. The highest BCUT2D eigenvalue weighted by Gasteiger charge is 2.24. The molecule has 0 fully saturated rings. The van der Waals surface area contributed by atoms with Crippen LogP contribution in [0.2, 0.25) is 0 Å². The van der Waals surface area contributed by atoms with Crippen molar-refractivity contribution in [3.63, 3.8) is 0 Å². The van der Waals surface area contributed by atoms with E-state index in [9.17, 15) is 9.90 Å². The van der Waals surface area contributed by atoms with Crippen LogP contribution in [-0.2, 0) is 17.6 Å². The minimum atomic E-state index is 0.136. The van der Waals surface area contributed by atoms with Crippen LogP contribution in [0.5, 0.6) is 5.75 Å². The molecule has 13 heavy (non-hydrogen) atoms. The van der Waals surface area contributed by atoms with Crippen LogP contribution in [0.3, 0.4) is 0 Å². The molecule has 2 nitrogen and oxygen atoms in total. The molecule has 1 aliphatic carbocycles. The molecule has 0 amide bonds. The van der Waals surface area contributed by atoms with Crippen LogP contribution in [0, 0.1) is 5.92 Å². The lowest BCUT2D eigenvalue weighted by Crippen LogP contribution is -2.09. The van der Waals surface area contributed by atoms with Gasteiger partial charge in [-0.1, -0.05) is 6.07 Å². The lowest BCUT2D eigenvalue weighted by Gasteiger charge is -2.00. The molecule has 0 spiro atoms. The third-order valence-corrected chi connectivity index (χ3v) is 2.70. The minimum absolute atomic E-state index is 0.136. The van der Waals surface area contributed by atoms with Gasteiger partial charge in [-0.2, -0.15) is 0 Å². The highest BCUT2D eigenvalue weighted by molar-refractivity contribution is 5.80. The zero-order valence-corrected chi connectivity index (χ0v) is 7.58. The Hall–Kier alpha value is -1.31. The van der Waals surface area contributed by atoms with Crippen LogP contribution in [-0.4, -0.2) is 10.9 Å². The van der Waals surface area contributed by atoms with Crippen molar-refractivity contribution < 1.29 is 9.90 Å². The number of hydrogen-bond acceptors (Lipinski definition) is 2. The number of hydrogen-bond donors (Lipinski definition) is 1. The maximum atomic E-state index is 11.1. The van der Waals surface area contributed by atoms with E-state index in [-0.39, 0.29) is 11.7 Å². The molecule has 1 unspecified atom stereocenters. The van der Waals surface area contributed by atoms with E-state index < -0.39 is 0 Å². The quantitative estimate of drug-likeness (QED) is 0.707. The number of phenols is 1. The van der Waals surface area contributed by atoms with Crippen molar-refractivity contribution in [1.29, 1.82) is 0 Å². The van der Waals surface area contributed by atoms with Crippen molar-refractivity contribution >= 4 is 5.78 Å². The highest BCUT2D eigenvalue weighted by Crippen LogP contribution is 2.29. The number of Topliss-reactive ketones (excluding diaryl/α,β-unsaturated/α-hetero) is 1. The summed E-state index contributed by atoms with van der Waals surface area (Å²) in [4.78, 5) is 11.1. The number of fused-ring (bicyclic) bond motifs is 1.